The van der Waals surface area contributed by atoms with Crippen LogP contribution in [0, 0.1) is 16.0 Å². The van der Waals surface area contributed by atoms with Gasteiger partial charge in [0.15, 0.2) is 0 Å². The van der Waals surface area contributed by atoms with Gasteiger partial charge in [-0.2, -0.15) is 0 Å². The summed E-state index contributed by atoms with van der Waals surface area (Å²) in [5, 5.41) is 11.0. The van der Waals surface area contributed by atoms with Gasteiger partial charge in [0, 0.05) is 12.6 Å². The van der Waals surface area contributed by atoms with Gasteiger partial charge in [0.05, 0.1) is 17.1 Å². The van der Waals surface area contributed by atoms with Crippen LogP contribution in [0.2, 0.25) is 5.15 Å². The van der Waals surface area contributed by atoms with Gasteiger partial charge in [0.25, 0.3) is 5.69 Å². The summed E-state index contributed by atoms with van der Waals surface area (Å²) in [5.74, 6) is 1.16. The van der Waals surface area contributed by atoms with Crippen molar-refractivity contribution in [3.05, 3.63) is 27.4 Å². The number of pyridine rings is 1. The average molecular weight is 270 g/mol. The second-order valence-electron chi connectivity index (χ2n) is 4.82. The zero-order chi connectivity index (χ0) is 13.3. The van der Waals surface area contributed by atoms with E-state index >= 15 is 0 Å². The van der Waals surface area contributed by atoms with Crippen LogP contribution < -0.4 is 4.90 Å². The van der Waals surface area contributed by atoms with Gasteiger partial charge in [-0.15, -0.1) is 0 Å². The highest BCUT2D eigenvalue weighted by atomic mass is 35.5. The molecular weight excluding hydrogens is 254 g/mol. The van der Waals surface area contributed by atoms with Crippen molar-refractivity contribution in [3.63, 3.8) is 0 Å². The van der Waals surface area contributed by atoms with Crippen molar-refractivity contribution in [1.29, 1.82) is 0 Å². The fourth-order valence-corrected chi connectivity index (χ4v) is 2.58. The van der Waals surface area contributed by atoms with E-state index in [0.717, 1.165) is 13.0 Å². The number of hydrogen-bond acceptors (Lipinski definition) is 4. The van der Waals surface area contributed by atoms with E-state index in [9.17, 15) is 10.1 Å². The molecule has 0 saturated carbocycles. The van der Waals surface area contributed by atoms with E-state index in [1.165, 1.54) is 18.6 Å². The molecule has 2 unspecified atom stereocenters. The van der Waals surface area contributed by atoms with E-state index in [-0.39, 0.29) is 10.8 Å². The predicted octanol–water partition coefficient (Wildman–Crippen LogP) is 3.27. The van der Waals surface area contributed by atoms with Crippen molar-refractivity contribution < 1.29 is 4.92 Å². The first kappa shape index (κ1) is 13.1. The molecule has 0 aromatic carbocycles. The van der Waals surface area contributed by atoms with Gasteiger partial charge in [-0.05, 0) is 25.7 Å². The summed E-state index contributed by atoms with van der Waals surface area (Å²) in [6, 6.07) is 3.10. The SMILES string of the molecule is CC1CCCN(c2cc([N+](=O)[O-])cc(Cl)n2)C1C. The van der Waals surface area contributed by atoms with Crippen molar-refractivity contribution >= 4 is 23.1 Å². The smallest absolute Gasteiger partial charge is 0.276 e. The van der Waals surface area contributed by atoms with E-state index in [1.807, 2.05) is 0 Å². The highest BCUT2D eigenvalue weighted by molar-refractivity contribution is 6.29. The summed E-state index contributed by atoms with van der Waals surface area (Å²) >= 11 is 5.86. The Morgan fingerprint density at radius 3 is 2.89 bits per heavy atom. The molecule has 0 aliphatic carbocycles. The topological polar surface area (TPSA) is 59.3 Å². The zero-order valence-electron chi connectivity index (χ0n) is 10.5. The molecule has 5 nitrogen and oxygen atoms in total. The predicted molar refractivity (Wildman–Crippen MR) is 71.1 cm³/mol. The Morgan fingerprint density at radius 1 is 1.50 bits per heavy atom. The lowest BCUT2D eigenvalue weighted by Gasteiger charge is -2.38. The van der Waals surface area contributed by atoms with Crippen LogP contribution in [0.1, 0.15) is 26.7 Å². The molecule has 2 atom stereocenters. The van der Waals surface area contributed by atoms with Gasteiger partial charge in [0.2, 0.25) is 0 Å². The van der Waals surface area contributed by atoms with E-state index in [2.05, 4.69) is 23.7 Å². The van der Waals surface area contributed by atoms with Gasteiger partial charge in [0.1, 0.15) is 11.0 Å². The van der Waals surface area contributed by atoms with Crippen LogP contribution >= 0.6 is 11.6 Å². The van der Waals surface area contributed by atoms with E-state index in [4.69, 9.17) is 11.6 Å². The van der Waals surface area contributed by atoms with Crippen molar-refractivity contribution in [1.82, 2.24) is 4.98 Å². The van der Waals surface area contributed by atoms with Crippen molar-refractivity contribution in [2.45, 2.75) is 32.7 Å². The van der Waals surface area contributed by atoms with E-state index < -0.39 is 4.92 Å². The Kier molecular flexibility index (Phi) is 3.71. The highest BCUT2D eigenvalue weighted by Crippen LogP contribution is 2.30. The molecule has 0 spiro atoms. The maximum atomic E-state index is 10.8. The molecule has 0 amide bonds. The standard InChI is InChI=1S/C12H16ClN3O2/c1-8-4-3-5-15(9(8)2)12-7-10(16(17)18)6-11(13)14-12/h6-9H,3-5H2,1-2H3. The fourth-order valence-electron chi connectivity index (χ4n) is 2.38. The molecule has 0 N–H and O–H groups in total. The zero-order valence-corrected chi connectivity index (χ0v) is 11.2. The number of nitrogens with zero attached hydrogens (tertiary/aromatic N) is 3. The van der Waals surface area contributed by atoms with E-state index in [0.29, 0.717) is 17.8 Å². The molecule has 0 bridgehead atoms. The van der Waals surface area contributed by atoms with Crippen LogP contribution in [0.4, 0.5) is 11.5 Å². The summed E-state index contributed by atoms with van der Waals surface area (Å²) in [4.78, 5) is 16.7. The maximum absolute atomic E-state index is 10.8. The molecular formula is C12H16ClN3O2. The summed E-state index contributed by atoms with van der Waals surface area (Å²) < 4.78 is 0. The van der Waals surface area contributed by atoms with Gasteiger partial charge >= 0.3 is 0 Å². The van der Waals surface area contributed by atoms with Crippen LogP contribution in [0.15, 0.2) is 12.1 Å². The first-order valence-electron chi connectivity index (χ1n) is 6.07. The monoisotopic (exact) mass is 269 g/mol. The minimum Gasteiger partial charge on any atom is -0.353 e. The molecule has 98 valence electrons. The Morgan fingerprint density at radius 2 is 2.22 bits per heavy atom. The van der Waals surface area contributed by atoms with Crippen LogP contribution in [0.25, 0.3) is 0 Å². The van der Waals surface area contributed by atoms with E-state index in [1.54, 1.807) is 0 Å². The quantitative estimate of drug-likeness (QED) is 0.470. The third-order valence-corrected chi connectivity index (χ3v) is 3.84. The first-order chi connectivity index (χ1) is 8.49. The molecule has 1 aromatic rings. The van der Waals surface area contributed by atoms with Crippen molar-refractivity contribution in [3.8, 4) is 0 Å². The van der Waals surface area contributed by atoms with Crippen LogP contribution in [0.3, 0.4) is 0 Å². The number of halogens is 1. The number of aromatic nitrogens is 1. The van der Waals surface area contributed by atoms with Crippen LogP contribution in [0.5, 0.6) is 0 Å². The number of piperidine rings is 1. The molecule has 6 heteroatoms. The fraction of sp³-hybridized carbons (Fsp3) is 0.583. The van der Waals surface area contributed by atoms with Crippen LogP contribution in [-0.4, -0.2) is 22.5 Å². The van der Waals surface area contributed by atoms with Gasteiger partial charge in [-0.3, -0.25) is 10.1 Å². The van der Waals surface area contributed by atoms with Gasteiger partial charge < -0.3 is 4.90 Å². The Hall–Kier alpha value is -1.36. The minimum absolute atomic E-state index is 0.00423. The second kappa shape index (κ2) is 5.10. The first-order valence-corrected chi connectivity index (χ1v) is 6.45. The number of anilines is 1. The molecule has 1 saturated heterocycles. The number of hydrogen-bond donors (Lipinski definition) is 0. The highest BCUT2D eigenvalue weighted by Gasteiger charge is 2.27. The maximum Gasteiger partial charge on any atom is 0.276 e. The lowest BCUT2D eigenvalue weighted by Crippen LogP contribution is -2.42. The van der Waals surface area contributed by atoms with Gasteiger partial charge in [-0.1, -0.05) is 18.5 Å². The molecule has 2 heterocycles. The molecule has 1 aliphatic rings. The van der Waals surface area contributed by atoms with Crippen molar-refractivity contribution in [2.24, 2.45) is 5.92 Å². The molecule has 0 radical (unpaired) electrons. The normalized spacial score (nSPS) is 24.1. The van der Waals surface area contributed by atoms with Crippen molar-refractivity contribution in [2.75, 3.05) is 11.4 Å². The molecule has 1 aromatic heterocycles. The average Bonchev–Trinajstić information content (AvgIpc) is 2.31. The number of nitro groups is 1. The van der Waals surface area contributed by atoms with Gasteiger partial charge in [-0.25, -0.2) is 4.98 Å². The third kappa shape index (κ3) is 2.56. The molecule has 2 rings (SSSR count). The third-order valence-electron chi connectivity index (χ3n) is 3.64. The summed E-state index contributed by atoms with van der Waals surface area (Å²) in [7, 11) is 0. The molecule has 18 heavy (non-hydrogen) atoms. The second-order valence-corrected chi connectivity index (χ2v) is 5.20. The summed E-state index contributed by atoms with van der Waals surface area (Å²) in [6.45, 7) is 5.18. The number of rotatable bonds is 2. The lowest BCUT2D eigenvalue weighted by atomic mass is 9.92. The molecule has 1 fully saturated rings. The summed E-state index contributed by atoms with van der Waals surface area (Å²) in [5.41, 5.74) is -0.00423. The lowest BCUT2D eigenvalue weighted by molar-refractivity contribution is -0.384. The Bertz CT molecular complexity index is 467. The minimum atomic E-state index is -0.435. The Balaban J connectivity index is 2.35. The molecule has 1 aliphatic heterocycles. The summed E-state index contributed by atoms with van der Waals surface area (Å²) in [6.07, 6.45) is 2.26. The Labute approximate surface area is 111 Å². The largest absolute Gasteiger partial charge is 0.353 e. The van der Waals surface area contributed by atoms with Crippen LogP contribution in [-0.2, 0) is 0 Å².